The summed E-state index contributed by atoms with van der Waals surface area (Å²) >= 11 is 0. The predicted octanol–water partition coefficient (Wildman–Crippen LogP) is -0.0381. The quantitative estimate of drug-likeness (QED) is 0.290. The number of aromatic hydroxyl groups is 1. The number of aldehydes is 1. The third kappa shape index (κ3) is 3.63. The maximum absolute atomic E-state index is 11.0. The Kier molecular flexibility index (Phi) is 6.87. The zero-order valence-corrected chi connectivity index (χ0v) is 22.5. The molecular weight excluding hydrogens is 760 g/mol. The molecule has 0 aromatic heterocycles. The molecule has 1 aromatic carbocycles. The standard InChI is InChI=1S/C14H14N3O6.2Ac/c15-13(20)22-5-7-11-9(1-6(4-18)2-10(11)19)17-3-8-12(16-8)14(7,21)23-17;;/h1-2,4,7-8,12,19,21H,3,5H2,(H2,15,20);;/q-1;;. The number of amides is 1. The van der Waals surface area contributed by atoms with E-state index in [1.807, 2.05) is 0 Å². The molecule has 0 saturated carbocycles. The molecule has 25 heavy (non-hydrogen) atoms. The van der Waals surface area contributed by atoms with Crippen molar-refractivity contribution in [1.82, 2.24) is 0 Å². The van der Waals surface area contributed by atoms with Gasteiger partial charge in [0.2, 0.25) is 0 Å². The summed E-state index contributed by atoms with van der Waals surface area (Å²) < 4.78 is 4.83. The Bertz CT molecular complexity index is 720. The number of nitrogens with two attached hydrogens (primary N) is 1. The van der Waals surface area contributed by atoms with Crippen molar-refractivity contribution in [3.63, 3.8) is 0 Å². The molecule has 3 aliphatic heterocycles. The first-order valence-electron chi connectivity index (χ1n) is 7.07. The van der Waals surface area contributed by atoms with E-state index in [2.05, 4.69) is 5.32 Å². The minimum atomic E-state index is -1.73. The van der Waals surface area contributed by atoms with Gasteiger partial charge in [-0.2, -0.15) is 0 Å². The molecule has 4 unspecified atom stereocenters. The van der Waals surface area contributed by atoms with Crippen LogP contribution in [-0.4, -0.2) is 53.6 Å². The maximum Gasteiger partial charge on any atom is 0.404 e. The van der Waals surface area contributed by atoms with Crippen molar-refractivity contribution in [2.45, 2.75) is 23.8 Å². The van der Waals surface area contributed by atoms with Crippen molar-refractivity contribution in [2.24, 2.45) is 5.73 Å². The van der Waals surface area contributed by atoms with E-state index in [1.54, 1.807) is 6.07 Å². The zero-order valence-electron chi connectivity index (χ0n) is 13.0. The normalized spacial score (nSPS) is 30.8. The van der Waals surface area contributed by atoms with Gasteiger partial charge < -0.3 is 26.0 Å². The molecule has 2 radical (unpaired) electrons. The van der Waals surface area contributed by atoms with Gasteiger partial charge in [-0.05, 0) is 12.1 Å². The minimum Gasteiger partial charge on any atom is -0.653 e. The second-order valence-electron chi connectivity index (χ2n) is 5.84. The molecule has 1 aromatic rings. The average molecular weight is 774 g/mol. The van der Waals surface area contributed by atoms with Crippen LogP contribution in [0, 0.1) is 88.1 Å². The topological polar surface area (TPSA) is 136 Å². The summed E-state index contributed by atoms with van der Waals surface area (Å²) in [5.41, 5.74) is 6.05. The summed E-state index contributed by atoms with van der Waals surface area (Å²) in [6.45, 7) is 0.129. The average Bonchev–Trinajstić information content (AvgIpc) is 3.27. The second-order valence-corrected chi connectivity index (χ2v) is 5.84. The van der Waals surface area contributed by atoms with Crippen molar-refractivity contribution >= 4 is 18.1 Å². The first-order chi connectivity index (χ1) is 10.9. The number of phenols is 1. The van der Waals surface area contributed by atoms with E-state index >= 15 is 0 Å². The van der Waals surface area contributed by atoms with Gasteiger partial charge in [0.05, 0.1) is 11.6 Å². The summed E-state index contributed by atoms with van der Waals surface area (Å²) in [7, 11) is 0. The first-order valence-corrected chi connectivity index (χ1v) is 7.07. The van der Waals surface area contributed by atoms with Crippen LogP contribution in [-0.2, 0) is 9.57 Å². The maximum atomic E-state index is 11.0. The van der Waals surface area contributed by atoms with Crippen molar-refractivity contribution in [1.29, 1.82) is 0 Å². The molecule has 4 rings (SSSR count). The molecule has 3 heterocycles. The van der Waals surface area contributed by atoms with Gasteiger partial charge in [0.1, 0.15) is 18.6 Å². The minimum absolute atomic E-state index is 0. The van der Waals surface area contributed by atoms with E-state index in [4.69, 9.17) is 15.3 Å². The summed E-state index contributed by atoms with van der Waals surface area (Å²) in [6, 6.07) is 2.26. The van der Waals surface area contributed by atoms with Crippen LogP contribution < -0.4 is 10.8 Å². The fourth-order valence-electron chi connectivity index (χ4n) is 3.39. The molecule has 0 spiro atoms. The van der Waals surface area contributed by atoms with E-state index in [9.17, 15) is 19.8 Å². The molecule has 3 aliphatic rings. The summed E-state index contributed by atoms with van der Waals surface area (Å²) in [4.78, 5) is 27.6. The van der Waals surface area contributed by atoms with E-state index in [1.165, 1.54) is 11.1 Å². The van der Waals surface area contributed by atoms with Crippen molar-refractivity contribution in [2.75, 3.05) is 18.2 Å². The number of anilines is 1. The first kappa shape index (κ1) is 21.8. The molecule has 9 nitrogen and oxygen atoms in total. The van der Waals surface area contributed by atoms with Crippen LogP contribution in [0.1, 0.15) is 21.8 Å². The van der Waals surface area contributed by atoms with Crippen molar-refractivity contribution in [3.8, 4) is 5.75 Å². The fraction of sp³-hybridized carbons (Fsp3) is 0.429. The number of carbonyl (C=O) groups is 2. The van der Waals surface area contributed by atoms with E-state index in [0.717, 1.165) is 0 Å². The van der Waals surface area contributed by atoms with Gasteiger partial charge in [-0.1, -0.05) is 6.04 Å². The Morgan fingerprint density at radius 3 is 2.88 bits per heavy atom. The molecule has 128 valence electrons. The molecule has 2 bridgehead atoms. The number of hydroxylamine groups is 1. The fourth-order valence-corrected chi connectivity index (χ4v) is 3.39. The van der Waals surface area contributed by atoms with Crippen molar-refractivity contribution in [3.05, 3.63) is 28.6 Å². The van der Waals surface area contributed by atoms with Gasteiger partial charge in [-0.25, -0.2) is 9.63 Å². The Hall–Kier alpha value is 0.523. The molecule has 4 atom stereocenters. The van der Waals surface area contributed by atoms with Crippen LogP contribution in [0.15, 0.2) is 12.1 Å². The number of rotatable bonds is 3. The van der Waals surface area contributed by atoms with Gasteiger partial charge in [0.15, 0.2) is 5.79 Å². The number of hydrogen-bond donors (Lipinski definition) is 3. The molecule has 4 N–H and O–H groups in total. The number of phenolic OH excluding ortho intramolecular Hbond substituents is 1. The molecule has 11 heteroatoms. The van der Waals surface area contributed by atoms with E-state index in [-0.39, 0.29) is 112 Å². The monoisotopic (exact) mass is 774 g/mol. The Balaban J connectivity index is 0.00000113. The molecular formula is C14H14Ac2N3O6-. The number of ether oxygens (including phenoxy) is 1. The van der Waals surface area contributed by atoms with Gasteiger partial charge in [0.25, 0.3) is 0 Å². The Labute approximate surface area is 214 Å². The second kappa shape index (κ2) is 7.87. The van der Waals surface area contributed by atoms with E-state index < -0.39 is 23.8 Å². The number of primary amides is 1. The predicted molar refractivity (Wildman–Crippen MR) is 76.1 cm³/mol. The number of fused-ring (bicyclic) bond motifs is 6. The van der Waals surface area contributed by atoms with Gasteiger partial charge in [-0.3, -0.25) is 9.86 Å². The summed E-state index contributed by atoms with van der Waals surface area (Å²) in [6.07, 6.45) is -0.397. The van der Waals surface area contributed by atoms with Gasteiger partial charge in [-0.15, -0.1) is 6.04 Å². The van der Waals surface area contributed by atoms with Crippen LogP contribution in [0.5, 0.6) is 5.75 Å². The molecule has 2 saturated heterocycles. The summed E-state index contributed by atoms with van der Waals surface area (Å²) in [5, 5.41) is 26.9. The van der Waals surface area contributed by atoms with Crippen LogP contribution in [0.3, 0.4) is 0 Å². The van der Waals surface area contributed by atoms with Crippen LogP contribution >= 0.6 is 0 Å². The van der Waals surface area contributed by atoms with Gasteiger partial charge >= 0.3 is 6.09 Å². The van der Waals surface area contributed by atoms with E-state index in [0.29, 0.717) is 24.1 Å². The number of carbonyl (C=O) groups excluding carboxylic acids is 2. The zero-order chi connectivity index (χ0) is 16.4. The number of nitrogens with zero attached hydrogens (tertiary/aromatic N) is 2. The largest absolute Gasteiger partial charge is 0.653 e. The Morgan fingerprint density at radius 1 is 1.52 bits per heavy atom. The SMILES string of the molecule is NC(=O)OCC1c2c(O)cc(C=O)cc2N2CC3[N-]C3C1(O)O2.[Ac].[Ac]. The van der Waals surface area contributed by atoms with Crippen LogP contribution in [0.2, 0.25) is 0 Å². The third-order valence-electron chi connectivity index (χ3n) is 4.46. The Morgan fingerprint density at radius 2 is 2.24 bits per heavy atom. The molecule has 1 amide bonds. The third-order valence-corrected chi connectivity index (χ3v) is 4.46. The molecule has 2 fully saturated rings. The van der Waals surface area contributed by atoms with Crippen LogP contribution in [0.4, 0.5) is 10.5 Å². The molecule has 0 aliphatic carbocycles. The smallest absolute Gasteiger partial charge is 0.404 e. The van der Waals surface area contributed by atoms with Crippen LogP contribution in [0.25, 0.3) is 5.32 Å². The van der Waals surface area contributed by atoms with Gasteiger partial charge in [0, 0.05) is 106 Å². The number of benzene rings is 1. The number of hydrogen-bond acceptors (Lipinski definition) is 7. The number of aliphatic hydroxyl groups is 1. The summed E-state index contributed by atoms with van der Waals surface area (Å²) in [5.74, 6) is -2.79. The van der Waals surface area contributed by atoms with Crippen molar-refractivity contribution < 1.29 is 118 Å².